The van der Waals surface area contributed by atoms with Crippen LogP contribution in [0.25, 0.3) is 0 Å². The van der Waals surface area contributed by atoms with Crippen LogP contribution in [0.4, 0.5) is 0 Å². The molecule has 0 spiro atoms. The van der Waals surface area contributed by atoms with Gasteiger partial charge in [0.2, 0.25) is 15.0 Å². The topological polar surface area (TPSA) is 67.7 Å². The molecule has 1 aromatic rings. The number of rotatable bonds is 11. The van der Waals surface area contributed by atoms with E-state index in [4.69, 9.17) is 4.74 Å². The second-order valence-electron chi connectivity index (χ2n) is 7.80. The summed E-state index contributed by atoms with van der Waals surface area (Å²) in [4.78, 5) is 9.26. The second-order valence-corrected chi connectivity index (χ2v) is 9.73. The molecule has 1 aliphatic carbocycles. The van der Waals surface area contributed by atoms with Crippen LogP contribution in [0.15, 0.2) is 11.4 Å². The molecule has 2 fully saturated rings. The van der Waals surface area contributed by atoms with Crippen LogP contribution in [0.2, 0.25) is 0 Å². The van der Waals surface area contributed by atoms with Crippen molar-refractivity contribution in [1.29, 1.82) is 0 Å². The molecule has 1 aromatic heterocycles. The number of sulfone groups is 1. The van der Waals surface area contributed by atoms with Crippen molar-refractivity contribution in [2.45, 2.75) is 57.4 Å². The number of hydrogen-bond acceptors (Lipinski definition) is 6. The molecule has 8 heteroatoms. The van der Waals surface area contributed by atoms with E-state index in [-0.39, 0.29) is 10.9 Å². The van der Waals surface area contributed by atoms with Gasteiger partial charge in [-0.25, -0.2) is 13.4 Å². The Morgan fingerprint density at radius 2 is 2.00 bits per heavy atom. The fourth-order valence-electron chi connectivity index (χ4n) is 4.08. The molecular formula is C19H34N4O3S. The largest absolute Gasteiger partial charge is 0.383 e. The van der Waals surface area contributed by atoms with Gasteiger partial charge in [-0.3, -0.25) is 9.80 Å². The maximum Gasteiger partial charge on any atom is 0.227 e. The molecule has 0 aromatic carbocycles. The molecule has 1 saturated heterocycles. The van der Waals surface area contributed by atoms with Crippen LogP contribution >= 0.6 is 0 Å². The van der Waals surface area contributed by atoms with E-state index in [0.29, 0.717) is 25.1 Å². The van der Waals surface area contributed by atoms with E-state index in [1.54, 1.807) is 13.3 Å². The summed E-state index contributed by atoms with van der Waals surface area (Å²) in [5, 5.41) is 0.223. The lowest BCUT2D eigenvalue weighted by Crippen LogP contribution is -2.37. The van der Waals surface area contributed by atoms with E-state index >= 15 is 0 Å². The quantitative estimate of drug-likeness (QED) is 0.564. The predicted molar refractivity (Wildman–Crippen MR) is 105 cm³/mol. The van der Waals surface area contributed by atoms with Crippen molar-refractivity contribution in [3.8, 4) is 0 Å². The smallest absolute Gasteiger partial charge is 0.227 e. The molecule has 0 amide bonds. The number of likely N-dealkylation sites (tertiary alicyclic amines) is 1. The molecule has 1 aliphatic heterocycles. The van der Waals surface area contributed by atoms with Gasteiger partial charge in [-0.05, 0) is 38.3 Å². The highest BCUT2D eigenvalue weighted by atomic mass is 32.2. The molecule has 1 atom stereocenters. The first-order chi connectivity index (χ1) is 13.0. The van der Waals surface area contributed by atoms with E-state index in [2.05, 4.69) is 28.6 Å². The first-order valence-corrected chi connectivity index (χ1v) is 11.9. The number of imidazole rings is 1. The Kier molecular flexibility index (Phi) is 6.94. The summed E-state index contributed by atoms with van der Waals surface area (Å²) in [6, 6.07) is 0.591. The lowest BCUT2D eigenvalue weighted by molar-refractivity contribution is 0.180. The van der Waals surface area contributed by atoms with E-state index in [1.165, 1.54) is 6.42 Å². The molecule has 27 heavy (non-hydrogen) atoms. The summed E-state index contributed by atoms with van der Waals surface area (Å²) in [5.74, 6) is 0.545. The summed E-state index contributed by atoms with van der Waals surface area (Å²) in [6.07, 6.45) is 4.96. The van der Waals surface area contributed by atoms with Crippen LogP contribution < -0.4 is 0 Å². The molecule has 7 nitrogen and oxygen atoms in total. The van der Waals surface area contributed by atoms with Gasteiger partial charge < -0.3 is 9.30 Å². The van der Waals surface area contributed by atoms with Crippen LogP contribution in [0.5, 0.6) is 0 Å². The first kappa shape index (κ1) is 20.8. The molecule has 2 heterocycles. The van der Waals surface area contributed by atoms with Crippen molar-refractivity contribution in [1.82, 2.24) is 19.4 Å². The summed E-state index contributed by atoms with van der Waals surface area (Å²) in [5.41, 5.74) is 0.974. The zero-order chi connectivity index (χ0) is 19.4. The minimum Gasteiger partial charge on any atom is -0.383 e. The minimum atomic E-state index is -3.33. The standard InChI is InChI=1S/C19H34N4O3S/c1-4-22(5-2)17-8-9-21(13-17)14-18-12-20-19(23(18)10-11-26-3)27(24,25)15-16-6-7-16/h12,16-17H,4-11,13-15H2,1-3H3/t17-/m1/s1. The lowest BCUT2D eigenvalue weighted by atomic mass is 10.2. The number of likely N-dealkylation sites (N-methyl/N-ethyl adjacent to an activating group) is 1. The van der Waals surface area contributed by atoms with Gasteiger partial charge in [-0.2, -0.15) is 0 Å². The van der Waals surface area contributed by atoms with Crippen LogP contribution in [0.1, 0.15) is 38.8 Å². The molecule has 0 bridgehead atoms. The number of methoxy groups -OCH3 is 1. The van der Waals surface area contributed by atoms with Gasteiger partial charge in [0.05, 0.1) is 24.3 Å². The highest BCUT2D eigenvalue weighted by Crippen LogP contribution is 2.32. The van der Waals surface area contributed by atoms with Crippen LogP contribution in [-0.4, -0.2) is 79.5 Å². The Balaban J connectivity index is 1.73. The molecular weight excluding hydrogens is 364 g/mol. The summed E-state index contributed by atoms with van der Waals surface area (Å²) in [7, 11) is -1.69. The van der Waals surface area contributed by atoms with Gasteiger partial charge in [0, 0.05) is 39.3 Å². The normalized spacial score (nSPS) is 21.4. The van der Waals surface area contributed by atoms with Gasteiger partial charge in [0.15, 0.2) is 0 Å². The zero-order valence-corrected chi connectivity index (χ0v) is 17.7. The van der Waals surface area contributed by atoms with Crippen LogP contribution in [0, 0.1) is 5.92 Å². The summed E-state index contributed by atoms with van der Waals surface area (Å²) >= 11 is 0. The number of nitrogens with zero attached hydrogens (tertiary/aromatic N) is 4. The third-order valence-electron chi connectivity index (χ3n) is 5.81. The van der Waals surface area contributed by atoms with Crippen molar-refractivity contribution in [3.63, 3.8) is 0 Å². The van der Waals surface area contributed by atoms with Gasteiger partial charge in [0.25, 0.3) is 0 Å². The van der Waals surface area contributed by atoms with Gasteiger partial charge in [0.1, 0.15) is 0 Å². The van der Waals surface area contributed by atoms with E-state index in [0.717, 1.165) is 51.3 Å². The summed E-state index contributed by atoms with van der Waals surface area (Å²) < 4.78 is 32.7. The van der Waals surface area contributed by atoms with Gasteiger partial charge in [-0.15, -0.1) is 0 Å². The Morgan fingerprint density at radius 3 is 2.63 bits per heavy atom. The number of ether oxygens (including phenoxy) is 1. The van der Waals surface area contributed by atoms with Crippen molar-refractivity contribution < 1.29 is 13.2 Å². The maximum atomic E-state index is 12.8. The van der Waals surface area contributed by atoms with Crippen LogP contribution in [-0.2, 0) is 27.7 Å². The summed E-state index contributed by atoms with van der Waals surface area (Å²) in [6.45, 7) is 10.4. The third-order valence-corrected chi connectivity index (χ3v) is 7.61. The monoisotopic (exact) mass is 398 g/mol. The minimum absolute atomic E-state index is 0.223. The molecule has 2 aliphatic rings. The van der Waals surface area contributed by atoms with Crippen molar-refractivity contribution in [2.75, 3.05) is 45.6 Å². The molecule has 1 saturated carbocycles. The number of aromatic nitrogens is 2. The van der Waals surface area contributed by atoms with Crippen molar-refractivity contribution in [2.24, 2.45) is 5.92 Å². The predicted octanol–water partition coefficient (Wildman–Crippen LogP) is 1.63. The second kappa shape index (κ2) is 9.03. The van der Waals surface area contributed by atoms with E-state index < -0.39 is 9.84 Å². The molecule has 0 unspecified atom stereocenters. The Hall–Kier alpha value is -0.960. The van der Waals surface area contributed by atoms with E-state index in [9.17, 15) is 8.42 Å². The highest BCUT2D eigenvalue weighted by molar-refractivity contribution is 7.91. The lowest BCUT2D eigenvalue weighted by Gasteiger charge is -2.26. The molecule has 3 rings (SSSR count). The highest BCUT2D eigenvalue weighted by Gasteiger charge is 2.33. The zero-order valence-electron chi connectivity index (χ0n) is 16.9. The maximum absolute atomic E-state index is 12.8. The average Bonchev–Trinajstić information content (AvgIpc) is 3.16. The average molecular weight is 399 g/mol. The van der Waals surface area contributed by atoms with Gasteiger partial charge in [-0.1, -0.05) is 13.8 Å². The SMILES string of the molecule is CCN(CC)[C@@H]1CCN(Cc2cnc(S(=O)(=O)CC3CC3)n2CCOC)C1. The van der Waals surface area contributed by atoms with Crippen LogP contribution in [0.3, 0.4) is 0 Å². The first-order valence-electron chi connectivity index (χ1n) is 10.2. The fourth-order valence-corrected chi connectivity index (χ4v) is 5.94. The third kappa shape index (κ3) is 5.10. The fraction of sp³-hybridized carbons (Fsp3) is 0.842. The Morgan fingerprint density at radius 1 is 1.26 bits per heavy atom. The Labute approximate surface area is 163 Å². The van der Waals surface area contributed by atoms with Crippen molar-refractivity contribution in [3.05, 3.63) is 11.9 Å². The van der Waals surface area contributed by atoms with Gasteiger partial charge >= 0.3 is 0 Å². The van der Waals surface area contributed by atoms with E-state index in [1.807, 2.05) is 4.57 Å². The Bertz CT molecular complexity index is 711. The molecule has 0 N–H and O–H groups in total. The molecule has 0 radical (unpaired) electrons. The van der Waals surface area contributed by atoms with Crippen molar-refractivity contribution >= 4 is 9.84 Å². The number of hydrogen-bond donors (Lipinski definition) is 0. The molecule has 154 valence electrons.